The van der Waals surface area contributed by atoms with Gasteiger partial charge in [0, 0.05) is 34.0 Å². The largest absolute Gasteiger partial charge is 0.380 e. The number of hydrogen-bond donors (Lipinski definition) is 2. The maximum absolute atomic E-state index is 10.6. The van der Waals surface area contributed by atoms with Crippen LogP contribution in [-0.2, 0) is 0 Å². The first-order valence-corrected chi connectivity index (χ1v) is 6.44. The molecule has 3 N–H and O–H groups in total. The summed E-state index contributed by atoms with van der Waals surface area (Å²) in [5.74, 6) is 0.408. The molecule has 1 rings (SSSR count). The Balaban J connectivity index is 2.89. The number of halogens is 1. The molecule has 0 aliphatic carbocycles. The Morgan fingerprint density at radius 3 is 2.59 bits per heavy atom. The van der Waals surface area contributed by atoms with Gasteiger partial charge in [-0.25, -0.2) is 0 Å². The van der Waals surface area contributed by atoms with E-state index >= 15 is 0 Å². The predicted molar refractivity (Wildman–Crippen MR) is 77.1 cm³/mol. The molecule has 0 spiro atoms. The zero-order valence-electron chi connectivity index (χ0n) is 9.81. The third kappa shape index (κ3) is 3.81. The number of hydrogen-bond acceptors (Lipinski definition) is 4. The fourth-order valence-electron chi connectivity index (χ4n) is 1.43. The Hall–Kier alpha value is -0.890. The average molecular weight is 349 g/mol. The highest BCUT2D eigenvalue weighted by molar-refractivity contribution is 14.1. The van der Waals surface area contributed by atoms with Gasteiger partial charge in [0.1, 0.15) is 0 Å². The van der Waals surface area contributed by atoms with Crippen molar-refractivity contribution in [2.24, 2.45) is 11.7 Å². The number of rotatable bonds is 5. The average Bonchev–Trinajstić information content (AvgIpc) is 2.26. The van der Waals surface area contributed by atoms with Gasteiger partial charge in [-0.2, -0.15) is 0 Å². The summed E-state index contributed by atoms with van der Waals surface area (Å²) in [6, 6.07) is 4.95. The van der Waals surface area contributed by atoms with Crippen LogP contribution < -0.4 is 11.1 Å². The molecule has 1 unspecified atom stereocenters. The van der Waals surface area contributed by atoms with Gasteiger partial charge >= 0.3 is 0 Å². The topological polar surface area (TPSA) is 81.2 Å². The molecule has 0 fully saturated rings. The van der Waals surface area contributed by atoms with Crippen molar-refractivity contribution in [2.75, 3.05) is 11.9 Å². The third-order valence-corrected chi connectivity index (χ3v) is 3.46. The molecule has 0 aliphatic heterocycles. The molecule has 0 saturated carbocycles. The minimum absolute atomic E-state index is 0.105. The lowest BCUT2D eigenvalue weighted by atomic mass is 10.0. The summed E-state index contributed by atoms with van der Waals surface area (Å²) in [7, 11) is 0. The van der Waals surface area contributed by atoms with Crippen molar-refractivity contribution in [3.8, 4) is 0 Å². The van der Waals surface area contributed by atoms with Gasteiger partial charge < -0.3 is 11.1 Å². The first-order valence-electron chi connectivity index (χ1n) is 5.36. The summed E-state index contributed by atoms with van der Waals surface area (Å²) < 4.78 is 0.830. The zero-order chi connectivity index (χ0) is 13.0. The highest BCUT2D eigenvalue weighted by Crippen LogP contribution is 2.24. The van der Waals surface area contributed by atoms with Crippen molar-refractivity contribution in [3.05, 3.63) is 31.9 Å². The Kier molecular flexibility index (Phi) is 5.13. The number of nitro benzene ring substituents is 1. The summed E-state index contributed by atoms with van der Waals surface area (Å²) in [5.41, 5.74) is 6.67. The Morgan fingerprint density at radius 2 is 2.18 bits per heavy atom. The predicted octanol–water partition coefficient (Wildman–Crippen LogP) is 2.59. The Labute approximate surface area is 114 Å². The van der Waals surface area contributed by atoms with Crippen molar-refractivity contribution < 1.29 is 4.92 Å². The van der Waals surface area contributed by atoms with Crippen LogP contribution in [0, 0.1) is 19.6 Å². The first-order chi connectivity index (χ1) is 7.95. The molecule has 0 heterocycles. The van der Waals surface area contributed by atoms with Gasteiger partial charge in [0.15, 0.2) is 0 Å². The number of nitrogens with zero attached hydrogens (tertiary/aromatic N) is 1. The fraction of sp³-hybridized carbons (Fsp3) is 0.455. The molecule has 0 aliphatic rings. The smallest absolute Gasteiger partial charge is 0.270 e. The van der Waals surface area contributed by atoms with Crippen LogP contribution in [0.15, 0.2) is 18.2 Å². The summed E-state index contributed by atoms with van der Waals surface area (Å²) in [5, 5.41) is 13.9. The summed E-state index contributed by atoms with van der Waals surface area (Å²) >= 11 is 2.08. The molecule has 0 saturated heterocycles. The molecule has 94 valence electrons. The van der Waals surface area contributed by atoms with E-state index in [1.54, 1.807) is 12.1 Å². The minimum Gasteiger partial charge on any atom is -0.380 e. The summed E-state index contributed by atoms with van der Waals surface area (Å²) in [4.78, 5) is 10.2. The molecule has 0 bridgehead atoms. The van der Waals surface area contributed by atoms with E-state index in [0.29, 0.717) is 12.5 Å². The van der Waals surface area contributed by atoms with E-state index in [0.717, 1.165) is 9.26 Å². The van der Waals surface area contributed by atoms with Gasteiger partial charge in [0.05, 0.1) is 4.92 Å². The number of nitro groups is 1. The molecular weight excluding hydrogens is 333 g/mol. The molecule has 0 radical (unpaired) electrons. The molecule has 0 aromatic heterocycles. The molecule has 5 nitrogen and oxygen atoms in total. The van der Waals surface area contributed by atoms with E-state index in [9.17, 15) is 10.1 Å². The molecule has 17 heavy (non-hydrogen) atoms. The lowest BCUT2D eigenvalue weighted by molar-refractivity contribution is -0.384. The highest BCUT2D eigenvalue weighted by atomic mass is 127. The summed E-state index contributed by atoms with van der Waals surface area (Å²) in [6.07, 6.45) is 0. The standard InChI is InChI=1S/C11H16IN3O2/c1-7(2)11(6-13)14-10-4-3-8(15(16)17)5-9(10)12/h3-5,7,11,14H,6,13H2,1-2H3. The monoisotopic (exact) mass is 349 g/mol. The van der Waals surface area contributed by atoms with Gasteiger partial charge in [0.2, 0.25) is 0 Å². The van der Waals surface area contributed by atoms with Crippen molar-refractivity contribution >= 4 is 34.0 Å². The fourth-order valence-corrected chi connectivity index (χ4v) is 2.09. The van der Waals surface area contributed by atoms with Gasteiger partial charge in [-0.15, -0.1) is 0 Å². The highest BCUT2D eigenvalue weighted by Gasteiger charge is 2.14. The van der Waals surface area contributed by atoms with E-state index in [-0.39, 0.29) is 11.7 Å². The number of benzene rings is 1. The van der Waals surface area contributed by atoms with Crippen molar-refractivity contribution in [1.82, 2.24) is 0 Å². The van der Waals surface area contributed by atoms with Crippen LogP contribution in [-0.4, -0.2) is 17.5 Å². The van der Waals surface area contributed by atoms with E-state index in [4.69, 9.17) is 5.73 Å². The maximum atomic E-state index is 10.6. The van der Waals surface area contributed by atoms with Crippen LogP contribution in [0.2, 0.25) is 0 Å². The van der Waals surface area contributed by atoms with E-state index in [2.05, 4.69) is 41.8 Å². The van der Waals surface area contributed by atoms with E-state index in [1.165, 1.54) is 6.07 Å². The van der Waals surface area contributed by atoms with E-state index < -0.39 is 4.92 Å². The van der Waals surface area contributed by atoms with Crippen LogP contribution in [0.4, 0.5) is 11.4 Å². The molecule has 1 aromatic rings. The molecular formula is C11H16IN3O2. The second-order valence-corrected chi connectivity index (χ2v) is 5.31. The number of anilines is 1. The Morgan fingerprint density at radius 1 is 1.53 bits per heavy atom. The van der Waals surface area contributed by atoms with Crippen molar-refractivity contribution in [2.45, 2.75) is 19.9 Å². The second-order valence-electron chi connectivity index (χ2n) is 4.15. The maximum Gasteiger partial charge on any atom is 0.270 e. The van der Waals surface area contributed by atoms with Gasteiger partial charge in [-0.3, -0.25) is 10.1 Å². The van der Waals surface area contributed by atoms with Crippen molar-refractivity contribution in [3.63, 3.8) is 0 Å². The van der Waals surface area contributed by atoms with E-state index in [1.807, 2.05) is 0 Å². The first kappa shape index (κ1) is 14.2. The zero-order valence-corrected chi connectivity index (χ0v) is 12.0. The summed E-state index contributed by atoms with van der Waals surface area (Å²) in [6.45, 7) is 4.70. The van der Waals surface area contributed by atoms with Crippen LogP contribution >= 0.6 is 22.6 Å². The second kappa shape index (κ2) is 6.15. The van der Waals surface area contributed by atoms with Crippen LogP contribution in [0.1, 0.15) is 13.8 Å². The number of non-ortho nitro benzene ring substituents is 1. The van der Waals surface area contributed by atoms with Crippen LogP contribution in [0.25, 0.3) is 0 Å². The van der Waals surface area contributed by atoms with Crippen LogP contribution in [0.3, 0.4) is 0 Å². The normalized spacial score (nSPS) is 12.5. The lowest BCUT2D eigenvalue weighted by Crippen LogP contribution is -2.33. The van der Waals surface area contributed by atoms with Gasteiger partial charge in [-0.1, -0.05) is 13.8 Å². The SMILES string of the molecule is CC(C)C(CN)Nc1ccc([N+](=O)[O-])cc1I. The number of nitrogens with one attached hydrogen (secondary N) is 1. The van der Waals surface area contributed by atoms with Crippen LogP contribution in [0.5, 0.6) is 0 Å². The quantitative estimate of drug-likeness (QED) is 0.486. The molecule has 6 heteroatoms. The number of nitrogens with two attached hydrogens (primary N) is 1. The molecule has 1 atom stereocenters. The van der Waals surface area contributed by atoms with Gasteiger partial charge in [0.25, 0.3) is 5.69 Å². The van der Waals surface area contributed by atoms with Crippen molar-refractivity contribution in [1.29, 1.82) is 0 Å². The third-order valence-electron chi connectivity index (χ3n) is 2.56. The Bertz CT molecular complexity index is 410. The molecule has 1 aromatic carbocycles. The minimum atomic E-state index is -0.394. The van der Waals surface area contributed by atoms with Gasteiger partial charge in [-0.05, 0) is 34.6 Å². The lowest BCUT2D eigenvalue weighted by Gasteiger charge is -2.22. The molecule has 0 amide bonds.